The zero-order valence-corrected chi connectivity index (χ0v) is 20.4. The molecule has 1 spiro atoms. The van der Waals surface area contributed by atoms with Gasteiger partial charge in [-0.25, -0.2) is 0 Å². The lowest BCUT2D eigenvalue weighted by molar-refractivity contribution is 0.0535. The molecule has 0 radical (unpaired) electrons. The minimum absolute atomic E-state index is 0.0222. The molecule has 0 saturated heterocycles. The summed E-state index contributed by atoms with van der Waals surface area (Å²) in [5, 5.41) is 7.25. The summed E-state index contributed by atoms with van der Waals surface area (Å²) in [6, 6.07) is 22.0. The Bertz CT molecular complexity index is 1410. The lowest BCUT2D eigenvalue weighted by Crippen LogP contribution is -2.52. The van der Waals surface area contributed by atoms with Crippen LogP contribution in [0.2, 0.25) is 0 Å². The minimum atomic E-state index is -0.664. The summed E-state index contributed by atoms with van der Waals surface area (Å²) in [4.78, 5) is 4.33. The number of benzene rings is 3. The minimum Gasteiger partial charge on any atom is -0.476 e. The molecule has 5 nitrogen and oxygen atoms in total. The molecule has 3 aromatic carbocycles. The van der Waals surface area contributed by atoms with Crippen molar-refractivity contribution in [2.75, 3.05) is 38.0 Å². The second kappa shape index (κ2) is 7.01. The Morgan fingerprint density at radius 3 is 2.11 bits per heavy atom. The number of hydrogen-bond acceptors (Lipinski definition) is 5. The van der Waals surface area contributed by atoms with Gasteiger partial charge in [0, 0.05) is 62.5 Å². The molecule has 0 aromatic heterocycles. The fourth-order valence-electron chi connectivity index (χ4n) is 6.18. The maximum Gasteiger partial charge on any atom is 0.171 e. The van der Waals surface area contributed by atoms with Crippen LogP contribution in [0.25, 0.3) is 11.1 Å². The molecule has 3 heterocycles. The Morgan fingerprint density at radius 1 is 0.800 bits per heavy atom. The number of ether oxygens (including phenoxy) is 1. The van der Waals surface area contributed by atoms with Crippen LogP contribution in [0.15, 0.2) is 90.2 Å². The van der Waals surface area contributed by atoms with Gasteiger partial charge in [0.25, 0.3) is 0 Å². The maximum absolute atomic E-state index is 7.20. The van der Waals surface area contributed by atoms with Crippen molar-refractivity contribution in [1.29, 1.82) is 0 Å². The van der Waals surface area contributed by atoms with Crippen LogP contribution in [0, 0.1) is 5.92 Å². The predicted molar refractivity (Wildman–Crippen MR) is 142 cm³/mol. The lowest BCUT2D eigenvalue weighted by atomic mass is 9.70. The molecule has 0 amide bonds. The molecule has 5 heteroatoms. The zero-order chi connectivity index (χ0) is 23.9. The maximum atomic E-state index is 7.20. The number of rotatable bonds is 2. The smallest absolute Gasteiger partial charge is 0.171 e. The van der Waals surface area contributed by atoms with Crippen LogP contribution in [0.4, 0.5) is 11.4 Å². The Morgan fingerprint density at radius 2 is 1.46 bits per heavy atom. The normalized spacial score (nSPS) is 21.5. The van der Waals surface area contributed by atoms with Gasteiger partial charge < -0.3 is 14.5 Å². The van der Waals surface area contributed by atoms with Crippen molar-refractivity contribution in [3.05, 3.63) is 102 Å². The molecule has 1 aliphatic carbocycles. The first-order chi connectivity index (χ1) is 17.0. The van der Waals surface area contributed by atoms with E-state index in [2.05, 4.69) is 128 Å². The van der Waals surface area contributed by atoms with Crippen molar-refractivity contribution in [2.45, 2.75) is 11.6 Å². The van der Waals surface area contributed by atoms with E-state index in [1.165, 1.54) is 33.6 Å². The molecule has 0 bridgehead atoms. The SMILES string of the molecule is CN(C)c1ccc2c(c1)-c1cc(N(C)C)ccc1C21Oc2ccccc2C2=NN3C=CC=CC3C21. The summed E-state index contributed by atoms with van der Waals surface area (Å²) in [7, 11) is 8.37. The van der Waals surface area contributed by atoms with Crippen LogP contribution in [0.5, 0.6) is 5.75 Å². The van der Waals surface area contributed by atoms with Crippen LogP contribution in [0.3, 0.4) is 0 Å². The molecule has 174 valence electrons. The van der Waals surface area contributed by atoms with E-state index in [1.807, 2.05) is 0 Å². The lowest BCUT2D eigenvalue weighted by Gasteiger charge is -2.44. The van der Waals surface area contributed by atoms with E-state index < -0.39 is 5.60 Å². The molecule has 3 aromatic rings. The van der Waals surface area contributed by atoms with E-state index in [0.29, 0.717) is 0 Å². The fraction of sp³-hybridized carbons (Fsp3) is 0.233. The molecule has 0 N–H and O–H groups in total. The highest BCUT2D eigenvalue weighted by molar-refractivity contribution is 6.09. The molecule has 0 fully saturated rings. The van der Waals surface area contributed by atoms with Gasteiger partial charge in [-0.3, -0.25) is 5.01 Å². The quantitative estimate of drug-likeness (QED) is 0.525. The Kier molecular flexibility index (Phi) is 4.09. The van der Waals surface area contributed by atoms with Crippen LogP contribution in [0.1, 0.15) is 16.7 Å². The second-order valence-corrected chi connectivity index (χ2v) is 10.1. The average molecular weight is 461 g/mol. The van der Waals surface area contributed by atoms with Crippen molar-refractivity contribution in [3.63, 3.8) is 0 Å². The first kappa shape index (κ1) is 20.4. The Labute approximate surface area is 206 Å². The van der Waals surface area contributed by atoms with E-state index in [1.54, 1.807) is 0 Å². The standard InChI is InChI=1S/C30H28N4O/c1-32(2)19-12-14-24-22(17-19)23-18-20(33(3)4)13-15-25(23)30(24)28-26-10-7-8-16-34(26)31-29(28)21-9-5-6-11-27(21)35-30/h5-18,26,28H,1-4H3. The summed E-state index contributed by atoms with van der Waals surface area (Å²) in [6.07, 6.45) is 8.53. The third-order valence-corrected chi connectivity index (χ3v) is 7.82. The summed E-state index contributed by atoms with van der Waals surface area (Å²) in [6.45, 7) is 0. The summed E-state index contributed by atoms with van der Waals surface area (Å²) >= 11 is 0. The topological polar surface area (TPSA) is 31.3 Å². The molecule has 3 aliphatic heterocycles. The van der Waals surface area contributed by atoms with Gasteiger partial charge in [0.05, 0.1) is 17.7 Å². The van der Waals surface area contributed by atoms with E-state index in [-0.39, 0.29) is 12.0 Å². The molecule has 4 aliphatic rings. The highest BCUT2D eigenvalue weighted by atomic mass is 16.5. The van der Waals surface area contributed by atoms with Crippen LogP contribution in [-0.2, 0) is 5.60 Å². The monoisotopic (exact) mass is 460 g/mol. The Balaban J connectivity index is 1.56. The van der Waals surface area contributed by atoms with Crippen LogP contribution >= 0.6 is 0 Å². The summed E-state index contributed by atoms with van der Waals surface area (Å²) in [5.41, 5.74) is 8.79. The number of para-hydroxylation sites is 1. The Hall–Kier alpha value is -3.99. The highest BCUT2D eigenvalue weighted by Crippen LogP contribution is 2.60. The van der Waals surface area contributed by atoms with Gasteiger partial charge in [0.15, 0.2) is 5.60 Å². The average Bonchev–Trinajstić information content (AvgIpc) is 3.39. The zero-order valence-electron chi connectivity index (χ0n) is 20.4. The molecular weight excluding hydrogens is 432 g/mol. The van der Waals surface area contributed by atoms with E-state index >= 15 is 0 Å². The molecule has 2 atom stereocenters. The van der Waals surface area contributed by atoms with Gasteiger partial charge in [0.2, 0.25) is 0 Å². The van der Waals surface area contributed by atoms with Gasteiger partial charge >= 0.3 is 0 Å². The number of fused-ring (bicyclic) bond motifs is 11. The van der Waals surface area contributed by atoms with Crippen molar-refractivity contribution in [2.24, 2.45) is 11.0 Å². The molecule has 0 saturated carbocycles. The van der Waals surface area contributed by atoms with E-state index in [4.69, 9.17) is 9.84 Å². The largest absolute Gasteiger partial charge is 0.476 e. The predicted octanol–water partition coefficient (Wildman–Crippen LogP) is 5.22. The molecule has 7 rings (SSSR count). The van der Waals surface area contributed by atoms with E-state index in [0.717, 1.165) is 17.0 Å². The fourth-order valence-corrected chi connectivity index (χ4v) is 6.18. The molecular formula is C30H28N4O. The van der Waals surface area contributed by atoms with Crippen LogP contribution in [-0.4, -0.2) is 45.0 Å². The number of hydrazone groups is 1. The number of anilines is 2. The summed E-state index contributed by atoms with van der Waals surface area (Å²) in [5.74, 6) is 0.913. The first-order valence-electron chi connectivity index (χ1n) is 12.1. The second-order valence-electron chi connectivity index (χ2n) is 10.1. The van der Waals surface area contributed by atoms with Gasteiger partial charge in [-0.15, -0.1) is 0 Å². The third-order valence-electron chi connectivity index (χ3n) is 7.82. The third kappa shape index (κ3) is 2.61. The van der Waals surface area contributed by atoms with Crippen molar-refractivity contribution < 1.29 is 4.74 Å². The van der Waals surface area contributed by atoms with E-state index in [9.17, 15) is 0 Å². The van der Waals surface area contributed by atoms with Crippen molar-refractivity contribution in [3.8, 4) is 16.9 Å². The van der Waals surface area contributed by atoms with Crippen LogP contribution < -0.4 is 14.5 Å². The first-order valence-corrected chi connectivity index (χ1v) is 12.1. The van der Waals surface area contributed by atoms with Crippen molar-refractivity contribution >= 4 is 17.1 Å². The highest BCUT2D eigenvalue weighted by Gasteiger charge is 2.61. The van der Waals surface area contributed by atoms with Crippen molar-refractivity contribution in [1.82, 2.24) is 5.01 Å². The number of hydrogen-bond donors (Lipinski definition) is 0. The molecule has 35 heavy (non-hydrogen) atoms. The summed E-state index contributed by atoms with van der Waals surface area (Å²) < 4.78 is 7.20. The number of allylic oxidation sites excluding steroid dienone is 2. The van der Waals surface area contributed by atoms with Gasteiger partial charge in [-0.1, -0.05) is 36.4 Å². The van der Waals surface area contributed by atoms with Gasteiger partial charge in [-0.2, -0.15) is 5.10 Å². The van der Waals surface area contributed by atoms with Gasteiger partial charge in [0.1, 0.15) is 5.75 Å². The van der Waals surface area contributed by atoms with Gasteiger partial charge in [-0.05, 0) is 53.6 Å². The molecule has 2 unspecified atom stereocenters. The number of nitrogens with zero attached hydrogens (tertiary/aromatic N) is 4.